The molecule has 1 atom stereocenters. The number of nitrogens with zero attached hydrogens (tertiary/aromatic N) is 1. The summed E-state index contributed by atoms with van der Waals surface area (Å²) in [7, 11) is 0. The molecule has 0 aliphatic carbocycles. The monoisotopic (exact) mass is 279 g/mol. The van der Waals surface area contributed by atoms with E-state index < -0.39 is 6.10 Å². The number of benzene rings is 1. The lowest BCUT2D eigenvalue weighted by Gasteiger charge is -2.41. The molecule has 0 bridgehead atoms. The van der Waals surface area contributed by atoms with Crippen molar-refractivity contribution in [2.45, 2.75) is 57.6 Å². The minimum absolute atomic E-state index is 0.224. The molecule has 1 fully saturated rings. The molecule has 1 aromatic rings. The Morgan fingerprint density at radius 3 is 2.35 bits per heavy atom. The zero-order valence-electron chi connectivity index (χ0n) is 12.6. The Labute approximate surface area is 121 Å². The Hall–Kier alpha value is -0.930. The Bertz CT molecular complexity index is 425. The number of likely N-dealkylation sites (tertiary alicyclic amines) is 1. The summed E-state index contributed by atoms with van der Waals surface area (Å²) in [6, 6.07) is 6.73. The largest absolute Gasteiger partial charge is 0.391 e. The van der Waals surface area contributed by atoms with Gasteiger partial charge in [-0.25, -0.2) is 4.39 Å². The second-order valence-corrected chi connectivity index (χ2v) is 6.37. The van der Waals surface area contributed by atoms with Crippen molar-refractivity contribution in [2.75, 3.05) is 13.1 Å². The number of aliphatic hydroxyl groups excluding tert-OH is 1. The molecule has 0 radical (unpaired) electrons. The number of hydrogen-bond donors (Lipinski definition) is 1. The van der Waals surface area contributed by atoms with Gasteiger partial charge in [0, 0.05) is 12.0 Å². The quantitative estimate of drug-likeness (QED) is 0.913. The summed E-state index contributed by atoms with van der Waals surface area (Å²) in [6.45, 7) is 6.20. The molecule has 0 amide bonds. The summed E-state index contributed by atoms with van der Waals surface area (Å²) in [4.78, 5) is 2.37. The lowest BCUT2D eigenvalue weighted by Crippen LogP contribution is -2.53. The molecule has 20 heavy (non-hydrogen) atoms. The van der Waals surface area contributed by atoms with Gasteiger partial charge in [-0.05, 0) is 51.4 Å². The SMILES string of the molecule is CC(C)(C(O)Cc1ccccc1F)N1CCCCCC1. The third kappa shape index (κ3) is 3.58. The highest BCUT2D eigenvalue weighted by atomic mass is 19.1. The van der Waals surface area contributed by atoms with Gasteiger partial charge in [0.25, 0.3) is 0 Å². The van der Waals surface area contributed by atoms with Crippen molar-refractivity contribution in [3.8, 4) is 0 Å². The predicted molar refractivity (Wildman–Crippen MR) is 80.2 cm³/mol. The van der Waals surface area contributed by atoms with E-state index >= 15 is 0 Å². The zero-order chi connectivity index (χ0) is 14.6. The van der Waals surface area contributed by atoms with Crippen LogP contribution in [-0.2, 0) is 6.42 Å². The van der Waals surface area contributed by atoms with Crippen LogP contribution in [0.5, 0.6) is 0 Å². The first kappa shape index (κ1) is 15.5. The molecule has 1 aliphatic rings. The molecule has 2 rings (SSSR count). The van der Waals surface area contributed by atoms with Gasteiger partial charge in [-0.3, -0.25) is 4.90 Å². The van der Waals surface area contributed by atoms with E-state index in [2.05, 4.69) is 18.7 Å². The van der Waals surface area contributed by atoms with Crippen LogP contribution in [0.1, 0.15) is 45.1 Å². The molecule has 1 saturated heterocycles. The third-order valence-electron chi connectivity index (χ3n) is 4.61. The Balaban J connectivity index is 2.06. The van der Waals surface area contributed by atoms with E-state index in [0.717, 1.165) is 13.1 Å². The van der Waals surface area contributed by atoms with Gasteiger partial charge in [0.05, 0.1) is 6.10 Å². The zero-order valence-corrected chi connectivity index (χ0v) is 12.6. The van der Waals surface area contributed by atoms with Crippen molar-refractivity contribution in [2.24, 2.45) is 0 Å². The van der Waals surface area contributed by atoms with E-state index in [-0.39, 0.29) is 11.4 Å². The highest BCUT2D eigenvalue weighted by Crippen LogP contribution is 2.26. The number of hydrogen-bond acceptors (Lipinski definition) is 2. The van der Waals surface area contributed by atoms with Crippen molar-refractivity contribution in [3.63, 3.8) is 0 Å². The van der Waals surface area contributed by atoms with Gasteiger partial charge in [-0.1, -0.05) is 31.0 Å². The topological polar surface area (TPSA) is 23.5 Å². The number of halogens is 1. The van der Waals surface area contributed by atoms with Gasteiger partial charge in [0.1, 0.15) is 5.82 Å². The van der Waals surface area contributed by atoms with Crippen molar-refractivity contribution in [3.05, 3.63) is 35.6 Å². The van der Waals surface area contributed by atoms with E-state index in [1.807, 2.05) is 6.07 Å². The van der Waals surface area contributed by atoms with Crippen molar-refractivity contribution < 1.29 is 9.50 Å². The van der Waals surface area contributed by atoms with Crippen LogP contribution in [0.25, 0.3) is 0 Å². The third-order valence-corrected chi connectivity index (χ3v) is 4.61. The van der Waals surface area contributed by atoms with Crippen LogP contribution in [-0.4, -0.2) is 34.7 Å². The fourth-order valence-corrected chi connectivity index (χ4v) is 2.98. The van der Waals surface area contributed by atoms with Crippen LogP contribution in [0.15, 0.2) is 24.3 Å². The van der Waals surface area contributed by atoms with Crippen LogP contribution in [0, 0.1) is 5.82 Å². The standard InChI is InChI=1S/C17H26FNO/c1-17(2,19-11-7-3-4-8-12-19)16(20)13-14-9-5-6-10-15(14)18/h5-6,9-10,16,20H,3-4,7-8,11-13H2,1-2H3. The number of rotatable bonds is 4. The van der Waals surface area contributed by atoms with Gasteiger partial charge in [-0.2, -0.15) is 0 Å². The van der Waals surface area contributed by atoms with Crippen molar-refractivity contribution >= 4 is 0 Å². The molecule has 2 nitrogen and oxygen atoms in total. The van der Waals surface area contributed by atoms with Crippen LogP contribution < -0.4 is 0 Å². The summed E-state index contributed by atoms with van der Waals surface area (Å²) in [6.07, 6.45) is 4.74. The molecular weight excluding hydrogens is 253 g/mol. The molecule has 3 heteroatoms. The Kier molecular flexibility index (Phi) is 5.17. The maximum Gasteiger partial charge on any atom is 0.126 e. The molecule has 1 N–H and O–H groups in total. The van der Waals surface area contributed by atoms with Crippen molar-refractivity contribution in [1.29, 1.82) is 0 Å². The molecule has 0 spiro atoms. The molecule has 1 aromatic carbocycles. The van der Waals surface area contributed by atoms with E-state index in [1.54, 1.807) is 12.1 Å². The fourth-order valence-electron chi connectivity index (χ4n) is 2.98. The average molecular weight is 279 g/mol. The van der Waals surface area contributed by atoms with Crippen LogP contribution in [0.4, 0.5) is 4.39 Å². The molecule has 1 heterocycles. The predicted octanol–water partition coefficient (Wildman–Crippen LogP) is 3.38. The first-order chi connectivity index (χ1) is 9.51. The molecule has 112 valence electrons. The molecule has 0 aromatic heterocycles. The summed E-state index contributed by atoms with van der Waals surface area (Å²) in [5.41, 5.74) is 0.287. The normalized spacial score (nSPS) is 19.6. The second-order valence-electron chi connectivity index (χ2n) is 6.37. The Morgan fingerprint density at radius 1 is 1.15 bits per heavy atom. The van der Waals surface area contributed by atoms with E-state index in [4.69, 9.17) is 0 Å². The van der Waals surface area contributed by atoms with E-state index in [1.165, 1.54) is 31.7 Å². The van der Waals surface area contributed by atoms with E-state index in [0.29, 0.717) is 12.0 Å². The van der Waals surface area contributed by atoms with Crippen LogP contribution in [0.3, 0.4) is 0 Å². The summed E-state index contributed by atoms with van der Waals surface area (Å²) < 4.78 is 13.7. The summed E-state index contributed by atoms with van der Waals surface area (Å²) in [5.74, 6) is -0.224. The van der Waals surface area contributed by atoms with Gasteiger partial charge >= 0.3 is 0 Å². The van der Waals surface area contributed by atoms with E-state index in [9.17, 15) is 9.50 Å². The minimum Gasteiger partial charge on any atom is -0.391 e. The summed E-state index contributed by atoms with van der Waals surface area (Å²) >= 11 is 0. The lowest BCUT2D eigenvalue weighted by atomic mass is 9.89. The summed E-state index contributed by atoms with van der Waals surface area (Å²) in [5, 5.41) is 10.6. The fraction of sp³-hybridized carbons (Fsp3) is 0.647. The maximum atomic E-state index is 13.7. The van der Waals surface area contributed by atoms with Gasteiger partial charge < -0.3 is 5.11 Å². The van der Waals surface area contributed by atoms with Gasteiger partial charge in [-0.15, -0.1) is 0 Å². The highest BCUT2D eigenvalue weighted by molar-refractivity contribution is 5.19. The van der Waals surface area contributed by atoms with Gasteiger partial charge in [0.15, 0.2) is 0 Å². The molecule has 1 unspecified atom stereocenters. The number of aliphatic hydroxyl groups is 1. The van der Waals surface area contributed by atoms with Gasteiger partial charge in [0.2, 0.25) is 0 Å². The molecular formula is C17H26FNO. The maximum absolute atomic E-state index is 13.7. The van der Waals surface area contributed by atoms with Crippen LogP contribution >= 0.6 is 0 Å². The Morgan fingerprint density at radius 2 is 1.75 bits per heavy atom. The second kappa shape index (κ2) is 6.68. The molecule has 1 aliphatic heterocycles. The average Bonchev–Trinajstić information content (AvgIpc) is 2.70. The van der Waals surface area contributed by atoms with Crippen LogP contribution in [0.2, 0.25) is 0 Å². The first-order valence-corrected chi connectivity index (χ1v) is 7.68. The molecule has 0 saturated carbocycles. The lowest BCUT2D eigenvalue weighted by molar-refractivity contribution is -0.00824. The first-order valence-electron chi connectivity index (χ1n) is 7.68. The smallest absolute Gasteiger partial charge is 0.126 e. The highest BCUT2D eigenvalue weighted by Gasteiger charge is 2.34. The minimum atomic E-state index is -0.558. The van der Waals surface area contributed by atoms with Crippen molar-refractivity contribution in [1.82, 2.24) is 4.90 Å².